The van der Waals surface area contributed by atoms with Gasteiger partial charge in [-0.3, -0.25) is 4.79 Å². The summed E-state index contributed by atoms with van der Waals surface area (Å²) in [7, 11) is 0. The van der Waals surface area contributed by atoms with Crippen molar-refractivity contribution in [3.05, 3.63) is 34.1 Å². The molecular weight excluding hydrogens is 305 g/mol. The molecule has 5 heteroatoms. The van der Waals surface area contributed by atoms with Gasteiger partial charge in [0.1, 0.15) is 5.82 Å². The zero-order valence-electron chi connectivity index (χ0n) is 13.1. The number of benzene rings is 1. The Balaban J connectivity index is 2.30. The minimum atomic E-state index is -0.293. The summed E-state index contributed by atoms with van der Waals surface area (Å²) in [5.41, 5.74) is 7.47. The molecule has 0 aliphatic heterocycles. The molecule has 0 heterocycles. The van der Waals surface area contributed by atoms with E-state index in [2.05, 4.69) is 0 Å². The summed E-state index contributed by atoms with van der Waals surface area (Å²) in [6.07, 6.45) is 2.90. The van der Waals surface area contributed by atoms with Gasteiger partial charge in [-0.2, -0.15) is 0 Å². The van der Waals surface area contributed by atoms with Crippen molar-refractivity contribution in [3.8, 4) is 0 Å². The number of carbonyl (C=O) groups excluding carboxylic acids is 1. The number of hydrogen-bond donors (Lipinski definition) is 1. The summed E-state index contributed by atoms with van der Waals surface area (Å²) >= 11 is 6.16. The van der Waals surface area contributed by atoms with Crippen molar-refractivity contribution in [1.82, 2.24) is 0 Å². The van der Waals surface area contributed by atoms with Gasteiger partial charge in [-0.05, 0) is 55.9 Å². The Labute approximate surface area is 136 Å². The standard InChI is InChI=1S/C17H23ClFNO2/c1-3-22-16(21)8-11-5-4-6-15(20)17(11)12-9-13(18)10(2)7-14(12)19/h7,9,11,15,17H,3-6,8,20H2,1-2H3. The highest BCUT2D eigenvalue weighted by Gasteiger charge is 2.35. The number of ether oxygens (including phenoxy) is 1. The van der Waals surface area contributed by atoms with E-state index >= 15 is 0 Å². The Morgan fingerprint density at radius 1 is 1.45 bits per heavy atom. The molecule has 0 radical (unpaired) electrons. The van der Waals surface area contributed by atoms with Crippen molar-refractivity contribution in [1.29, 1.82) is 0 Å². The van der Waals surface area contributed by atoms with Crippen LogP contribution in [-0.4, -0.2) is 18.6 Å². The third-order valence-electron chi connectivity index (χ3n) is 4.45. The fourth-order valence-electron chi connectivity index (χ4n) is 3.39. The minimum absolute atomic E-state index is 0.00364. The SMILES string of the molecule is CCOC(=O)CC1CCCC(N)C1c1cc(Cl)c(C)cc1F. The van der Waals surface area contributed by atoms with Gasteiger partial charge in [0.05, 0.1) is 6.61 Å². The van der Waals surface area contributed by atoms with Crippen LogP contribution in [0.4, 0.5) is 4.39 Å². The number of rotatable bonds is 4. The summed E-state index contributed by atoms with van der Waals surface area (Å²) in [6, 6.07) is 2.95. The third-order valence-corrected chi connectivity index (χ3v) is 4.86. The quantitative estimate of drug-likeness (QED) is 0.852. The zero-order valence-corrected chi connectivity index (χ0v) is 13.8. The van der Waals surface area contributed by atoms with Gasteiger partial charge < -0.3 is 10.5 Å². The highest BCUT2D eigenvalue weighted by atomic mass is 35.5. The minimum Gasteiger partial charge on any atom is -0.466 e. The van der Waals surface area contributed by atoms with Gasteiger partial charge in [-0.25, -0.2) is 4.39 Å². The van der Waals surface area contributed by atoms with Crippen molar-refractivity contribution < 1.29 is 13.9 Å². The monoisotopic (exact) mass is 327 g/mol. The Hall–Kier alpha value is -1.13. The lowest BCUT2D eigenvalue weighted by atomic mass is 9.71. The summed E-state index contributed by atoms with van der Waals surface area (Å²) in [5, 5.41) is 0.532. The highest BCUT2D eigenvalue weighted by molar-refractivity contribution is 6.31. The van der Waals surface area contributed by atoms with Crippen LogP contribution >= 0.6 is 11.6 Å². The Bertz CT molecular complexity index is 550. The molecule has 0 aromatic heterocycles. The summed E-state index contributed by atoms with van der Waals surface area (Å²) in [6.45, 7) is 3.90. The van der Waals surface area contributed by atoms with E-state index in [1.807, 2.05) is 0 Å². The molecule has 1 aliphatic rings. The maximum Gasteiger partial charge on any atom is 0.306 e. The molecular formula is C17H23ClFNO2. The van der Waals surface area contributed by atoms with Crippen LogP contribution in [0.3, 0.4) is 0 Å². The normalized spacial score (nSPS) is 25.0. The van der Waals surface area contributed by atoms with E-state index in [1.165, 1.54) is 6.07 Å². The predicted octanol–water partition coefficient (Wildman–Crippen LogP) is 3.95. The van der Waals surface area contributed by atoms with Crippen LogP contribution in [-0.2, 0) is 9.53 Å². The van der Waals surface area contributed by atoms with E-state index in [4.69, 9.17) is 22.1 Å². The van der Waals surface area contributed by atoms with Crippen molar-refractivity contribution in [3.63, 3.8) is 0 Å². The number of aryl methyl sites for hydroxylation is 1. The smallest absolute Gasteiger partial charge is 0.306 e. The summed E-state index contributed by atoms with van der Waals surface area (Å²) in [4.78, 5) is 11.8. The first kappa shape index (κ1) is 17.2. The average Bonchev–Trinajstić information content (AvgIpc) is 2.44. The molecule has 3 atom stereocenters. The van der Waals surface area contributed by atoms with Crippen LogP contribution in [0.2, 0.25) is 5.02 Å². The molecule has 2 rings (SSSR count). The average molecular weight is 328 g/mol. The molecule has 22 heavy (non-hydrogen) atoms. The van der Waals surface area contributed by atoms with E-state index in [1.54, 1.807) is 19.9 Å². The second-order valence-corrected chi connectivity index (χ2v) is 6.42. The molecule has 1 aromatic rings. The first-order chi connectivity index (χ1) is 10.4. The Kier molecular flexibility index (Phi) is 5.81. The van der Waals surface area contributed by atoms with Gasteiger partial charge in [0.2, 0.25) is 0 Å². The number of esters is 1. The fourth-order valence-corrected chi connectivity index (χ4v) is 3.56. The van der Waals surface area contributed by atoms with Crippen LogP contribution < -0.4 is 5.73 Å². The van der Waals surface area contributed by atoms with E-state index < -0.39 is 0 Å². The molecule has 122 valence electrons. The first-order valence-electron chi connectivity index (χ1n) is 7.80. The highest BCUT2D eigenvalue weighted by Crippen LogP contribution is 2.41. The third kappa shape index (κ3) is 3.79. The van der Waals surface area contributed by atoms with Gasteiger partial charge in [-0.1, -0.05) is 18.0 Å². The Morgan fingerprint density at radius 2 is 2.18 bits per heavy atom. The van der Waals surface area contributed by atoms with Gasteiger partial charge >= 0.3 is 5.97 Å². The van der Waals surface area contributed by atoms with E-state index in [-0.39, 0.29) is 36.1 Å². The topological polar surface area (TPSA) is 52.3 Å². The molecule has 1 saturated carbocycles. The number of halogens is 2. The Morgan fingerprint density at radius 3 is 2.86 bits per heavy atom. The maximum atomic E-state index is 14.4. The molecule has 1 aromatic carbocycles. The van der Waals surface area contributed by atoms with Gasteiger partial charge in [0.25, 0.3) is 0 Å². The van der Waals surface area contributed by atoms with E-state index in [0.717, 1.165) is 19.3 Å². The number of carbonyl (C=O) groups is 1. The van der Waals surface area contributed by atoms with Crippen LogP contribution in [0.5, 0.6) is 0 Å². The molecule has 0 amide bonds. The van der Waals surface area contributed by atoms with Gasteiger partial charge in [-0.15, -0.1) is 0 Å². The lowest BCUT2D eigenvalue weighted by Gasteiger charge is -2.36. The van der Waals surface area contributed by atoms with Crippen LogP contribution in [0.15, 0.2) is 12.1 Å². The lowest BCUT2D eigenvalue weighted by Crippen LogP contribution is -2.38. The molecule has 0 saturated heterocycles. The fraction of sp³-hybridized carbons (Fsp3) is 0.588. The van der Waals surface area contributed by atoms with Gasteiger partial charge in [0.15, 0.2) is 0 Å². The molecule has 3 unspecified atom stereocenters. The van der Waals surface area contributed by atoms with Crippen LogP contribution in [0.25, 0.3) is 0 Å². The van der Waals surface area contributed by atoms with Crippen LogP contribution in [0, 0.1) is 18.7 Å². The zero-order chi connectivity index (χ0) is 16.3. The molecule has 2 N–H and O–H groups in total. The van der Waals surface area contributed by atoms with Crippen molar-refractivity contribution in [2.24, 2.45) is 11.7 Å². The second-order valence-electron chi connectivity index (χ2n) is 6.01. The van der Waals surface area contributed by atoms with E-state index in [0.29, 0.717) is 22.8 Å². The van der Waals surface area contributed by atoms with Crippen molar-refractivity contribution in [2.45, 2.75) is 51.5 Å². The largest absolute Gasteiger partial charge is 0.466 e. The van der Waals surface area contributed by atoms with E-state index in [9.17, 15) is 9.18 Å². The molecule has 0 spiro atoms. The number of nitrogens with two attached hydrogens (primary N) is 1. The molecule has 1 aliphatic carbocycles. The second kappa shape index (κ2) is 7.42. The molecule has 3 nitrogen and oxygen atoms in total. The van der Waals surface area contributed by atoms with Crippen molar-refractivity contribution in [2.75, 3.05) is 6.61 Å². The lowest BCUT2D eigenvalue weighted by molar-refractivity contribution is -0.144. The van der Waals surface area contributed by atoms with Crippen molar-refractivity contribution >= 4 is 17.6 Å². The molecule has 1 fully saturated rings. The first-order valence-corrected chi connectivity index (χ1v) is 8.18. The van der Waals surface area contributed by atoms with Gasteiger partial charge in [0, 0.05) is 23.4 Å². The maximum absolute atomic E-state index is 14.4. The number of hydrogen-bond acceptors (Lipinski definition) is 3. The molecule has 0 bridgehead atoms. The summed E-state index contributed by atoms with van der Waals surface area (Å²) < 4.78 is 19.5. The summed E-state index contributed by atoms with van der Waals surface area (Å²) in [5.74, 6) is -0.740. The van der Waals surface area contributed by atoms with Crippen LogP contribution in [0.1, 0.15) is 49.7 Å². The predicted molar refractivity (Wildman–Crippen MR) is 85.5 cm³/mol.